The molecule has 0 atom stereocenters. The Morgan fingerprint density at radius 2 is 1.74 bits per heavy atom. The highest BCUT2D eigenvalue weighted by atomic mass is 19.1. The number of rotatable bonds is 3. The van der Waals surface area contributed by atoms with Crippen LogP contribution in [0.1, 0.15) is 16.1 Å². The molecule has 0 aliphatic heterocycles. The Bertz CT molecular complexity index is 886. The van der Waals surface area contributed by atoms with Crippen LogP contribution in [0.25, 0.3) is 16.9 Å². The normalized spacial score (nSPS) is 10.7. The lowest BCUT2D eigenvalue weighted by atomic mass is 10.1. The van der Waals surface area contributed by atoms with Crippen molar-refractivity contribution in [2.45, 2.75) is 6.92 Å². The molecule has 0 saturated carbocycles. The monoisotopic (exact) mass is 314 g/mol. The fourth-order valence-electron chi connectivity index (χ4n) is 2.45. The summed E-state index contributed by atoms with van der Waals surface area (Å²) >= 11 is 0. The number of benzene rings is 2. The molecule has 4 nitrogen and oxygen atoms in total. The van der Waals surface area contributed by atoms with Gasteiger partial charge in [0, 0.05) is 5.56 Å². The lowest BCUT2D eigenvalue weighted by Gasteiger charge is -2.09. The summed E-state index contributed by atoms with van der Waals surface area (Å²) in [5.41, 5.74) is 0.856. The number of hydrogen-bond donors (Lipinski definition) is 1. The largest absolute Gasteiger partial charge is 0.478 e. The van der Waals surface area contributed by atoms with E-state index in [1.54, 1.807) is 6.07 Å². The van der Waals surface area contributed by atoms with Crippen LogP contribution in [0, 0.1) is 18.6 Å². The summed E-state index contributed by atoms with van der Waals surface area (Å²) in [5.74, 6) is -2.18. The molecule has 6 heteroatoms. The van der Waals surface area contributed by atoms with E-state index in [0.29, 0.717) is 5.69 Å². The number of aryl methyl sites for hydroxylation is 1. The van der Waals surface area contributed by atoms with Crippen LogP contribution in [0.3, 0.4) is 0 Å². The number of carboxylic acid groups (broad SMARTS) is 1. The summed E-state index contributed by atoms with van der Waals surface area (Å²) in [6.07, 6.45) is 0. The first-order valence-electron chi connectivity index (χ1n) is 6.83. The lowest BCUT2D eigenvalue weighted by Crippen LogP contribution is -2.04. The van der Waals surface area contributed by atoms with Crippen molar-refractivity contribution in [2.75, 3.05) is 0 Å². The molecule has 23 heavy (non-hydrogen) atoms. The molecular weight excluding hydrogens is 302 g/mol. The van der Waals surface area contributed by atoms with Gasteiger partial charge in [-0.2, -0.15) is 5.10 Å². The molecule has 0 aliphatic carbocycles. The maximum Gasteiger partial charge on any atom is 0.339 e. The zero-order chi connectivity index (χ0) is 16.6. The Hall–Kier alpha value is -3.02. The topological polar surface area (TPSA) is 55.1 Å². The van der Waals surface area contributed by atoms with Gasteiger partial charge in [-0.3, -0.25) is 0 Å². The van der Waals surface area contributed by atoms with E-state index in [4.69, 9.17) is 0 Å². The standard InChI is InChI=1S/C17H12F2N2O2/c1-10-15(17(22)23)16(13-4-2-3-5-14(13)19)21(20-10)12-8-6-11(18)7-9-12/h2-9H,1H3,(H,22,23). The van der Waals surface area contributed by atoms with Crippen molar-refractivity contribution in [3.8, 4) is 16.9 Å². The van der Waals surface area contributed by atoms with E-state index in [0.717, 1.165) is 0 Å². The summed E-state index contributed by atoms with van der Waals surface area (Å²) in [4.78, 5) is 11.6. The average molecular weight is 314 g/mol. The lowest BCUT2D eigenvalue weighted by molar-refractivity contribution is 0.0697. The second-order valence-electron chi connectivity index (χ2n) is 4.98. The third kappa shape index (κ3) is 2.59. The van der Waals surface area contributed by atoms with E-state index in [1.165, 1.54) is 54.1 Å². The summed E-state index contributed by atoms with van der Waals surface area (Å²) in [6, 6.07) is 11.2. The van der Waals surface area contributed by atoms with Gasteiger partial charge in [0.05, 0.1) is 17.1 Å². The van der Waals surface area contributed by atoms with Gasteiger partial charge < -0.3 is 5.11 Å². The predicted molar refractivity (Wildman–Crippen MR) is 80.6 cm³/mol. The molecule has 0 fully saturated rings. The zero-order valence-corrected chi connectivity index (χ0v) is 12.1. The molecule has 0 bridgehead atoms. The number of aromatic nitrogens is 2. The minimum absolute atomic E-state index is 0.0839. The van der Waals surface area contributed by atoms with Crippen molar-refractivity contribution >= 4 is 5.97 Å². The van der Waals surface area contributed by atoms with E-state index in [9.17, 15) is 18.7 Å². The highest BCUT2D eigenvalue weighted by Gasteiger charge is 2.24. The number of carboxylic acids is 1. The second kappa shape index (κ2) is 5.64. The Labute approximate surface area is 130 Å². The van der Waals surface area contributed by atoms with Crippen LogP contribution in [-0.4, -0.2) is 20.9 Å². The smallest absolute Gasteiger partial charge is 0.339 e. The zero-order valence-electron chi connectivity index (χ0n) is 12.1. The van der Waals surface area contributed by atoms with Gasteiger partial charge in [-0.1, -0.05) is 12.1 Å². The molecule has 1 aromatic heterocycles. The van der Waals surface area contributed by atoms with Gasteiger partial charge in [-0.05, 0) is 43.3 Å². The van der Waals surface area contributed by atoms with Crippen molar-refractivity contribution in [3.05, 3.63) is 71.4 Å². The second-order valence-corrected chi connectivity index (χ2v) is 4.98. The minimum atomic E-state index is -1.20. The first-order valence-corrected chi connectivity index (χ1v) is 6.83. The molecule has 116 valence electrons. The molecule has 0 amide bonds. The third-order valence-electron chi connectivity index (χ3n) is 3.47. The van der Waals surface area contributed by atoms with Crippen LogP contribution in [0.4, 0.5) is 8.78 Å². The highest BCUT2D eigenvalue weighted by Crippen LogP contribution is 2.31. The summed E-state index contributed by atoms with van der Waals surface area (Å²) < 4.78 is 28.6. The van der Waals surface area contributed by atoms with Gasteiger partial charge in [-0.15, -0.1) is 0 Å². The maximum atomic E-state index is 14.2. The van der Waals surface area contributed by atoms with Gasteiger partial charge in [0.2, 0.25) is 0 Å². The molecule has 3 aromatic rings. The molecule has 0 spiro atoms. The SMILES string of the molecule is Cc1nn(-c2ccc(F)cc2)c(-c2ccccc2F)c1C(=O)O. The van der Waals surface area contributed by atoms with E-state index in [-0.39, 0.29) is 22.5 Å². The van der Waals surface area contributed by atoms with Gasteiger partial charge >= 0.3 is 5.97 Å². The summed E-state index contributed by atoms with van der Waals surface area (Å²) in [5, 5.41) is 13.7. The van der Waals surface area contributed by atoms with Gasteiger partial charge in [0.15, 0.2) is 0 Å². The van der Waals surface area contributed by atoms with Crippen LogP contribution in [0.5, 0.6) is 0 Å². The van der Waals surface area contributed by atoms with Crippen molar-refractivity contribution in [1.82, 2.24) is 9.78 Å². The van der Waals surface area contributed by atoms with Crippen molar-refractivity contribution < 1.29 is 18.7 Å². The van der Waals surface area contributed by atoms with E-state index in [2.05, 4.69) is 5.10 Å². The number of carbonyl (C=O) groups is 1. The molecule has 0 unspecified atom stereocenters. The first kappa shape index (κ1) is 14.9. The predicted octanol–water partition coefficient (Wildman–Crippen LogP) is 3.82. The fraction of sp³-hybridized carbons (Fsp3) is 0.0588. The molecule has 0 aliphatic rings. The Kier molecular flexibility index (Phi) is 3.65. The minimum Gasteiger partial charge on any atom is -0.478 e. The number of hydrogen-bond acceptors (Lipinski definition) is 2. The molecule has 3 rings (SSSR count). The average Bonchev–Trinajstić information content (AvgIpc) is 2.86. The van der Waals surface area contributed by atoms with Crippen LogP contribution in [0.15, 0.2) is 48.5 Å². The summed E-state index contributed by atoms with van der Waals surface area (Å²) in [7, 11) is 0. The maximum absolute atomic E-state index is 14.2. The number of halogens is 2. The van der Waals surface area contributed by atoms with Crippen molar-refractivity contribution in [2.24, 2.45) is 0 Å². The Morgan fingerprint density at radius 1 is 1.09 bits per heavy atom. The van der Waals surface area contributed by atoms with Gasteiger partial charge in [-0.25, -0.2) is 18.3 Å². The first-order chi connectivity index (χ1) is 11.0. The molecule has 2 aromatic carbocycles. The fourth-order valence-corrected chi connectivity index (χ4v) is 2.45. The molecule has 1 heterocycles. The molecule has 1 N–H and O–H groups in total. The van der Waals surface area contributed by atoms with Crippen LogP contribution in [-0.2, 0) is 0 Å². The molecule has 0 radical (unpaired) electrons. The van der Waals surface area contributed by atoms with Crippen LogP contribution >= 0.6 is 0 Å². The Morgan fingerprint density at radius 3 is 2.35 bits per heavy atom. The van der Waals surface area contributed by atoms with E-state index < -0.39 is 17.6 Å². The Balaban J connectivity index is 2.33. The quantitative estimate of drug-likeness (QED) is 0.799. The van der Waals surface area contributed by atoms with Gasteiger partial charge in [0.25, 0.3) is 0 Å². The van der Waals surface area contributed by atoms with Crippen molar-refractivity contribution in [3.63, 3.8) is 0 Å². The molecule has 0 saturated heterocycles. The van der Waals surface area contributed by atoms with Gasteiger partial charge in [0.1, 0.15) is 17.2 Å². The van der Waals surface area contributed by atoms with E-state index >= 15 is 0 Å². The highest BCUT2D eigenvalue weighted by molar-refractivity contribution is 5.96. The van der Waals surface area contributed by atoms with E-state index in [1.807, 2.05) is 0 Å². The molecular formula is C17H12F2N2O2. The van der Waals surface area contributed by atoms with Crippen molar-refractivity contribution in [1.29, 1.82) is 0 Å². The summed E-state index contributed by atoms with van der Waals surface area (Å²) in [6.45, 7) is 1.54. The van der Waals surface area contributed by atoms with Crippen LogP contribution in [0.2, 0.25) is 0 Å². The third-order valence-corrected chi connectivity index (χ3v) is 3.47. The van der Waals surface area contributed by atoms with Crippen LogP contribution < -0.4 is 0 Å². The number of aromatic carboxylic acids is 1. The number of nitrogens with zero attached hydrogens (tertiary/aromatic N) is 2.